The summed E-state index contributed by atoms with van der Waals surface area (Å²) in [6.45, 7) is 1.46. The number of alkyl halides is 3. The van der Waals surface area contributed by atoms with Crippen LogP contribution in [-0.4, -0.2) is 20.7 Å². The normalized spacial score (nSPS) is 11.9. The largest absolute Gasteiger partial charge is 0.508 e. The number of nitrogens with one attached hydrogen (secondary N) is 1. The molecule has 0 heterocycles. The lowest BCUT2D eigenvalue weighted by atomic mass is 10.1. The summed E-state index contributed by atoms with van der Waals surface area (Å²) in [4.78, 5) is 19.9. The molecule has 0 bridgehead atoms. The Morgan fingerprint density at radius 2 is 1.56 bits per heavy atom. The van der Waals surface area contributed by atoms with Gasteiger partial charge in [-0.3, -0.25) is 25.7 Å². The molecule has 142 valence electrons. The summed E-state index contributed by atoms with van der Waals surface area (Å²) in [6, 6.07) is 6.01. The fourth-order valence-corrected chi connectivity index (χ4v) is 2.08. The van der Waals surface area contributed by atoms with Gasteiger partial charge in [-0.2, -0.15) is 18.3 Å². The average molecular weight is 384 g/mol. The molecule has 0 aliphatic carbocycles. The number of phenols is 1. The molecular formula is C15H11F3N4O5. The van der Waals surface area contributed by atoms with Crippen LogP contribution in [0, 0.1) is 20.2 Å². The van der Waals surface area contributed by atoms with Gasteiger partial charge in [-0.05, 0) is 36.8 Å². The number of anilines is 1. The molecule has 2 N–H and O–H groups in total. The third-order valence-corrected chi connectivity index (χ3v) is 3.44. The maximum absolute atomic E-state index is 12.9. The molecule has 0 saturated carbocycles. The number of halogens is 3. The van der Waals surface area contributed by atoms with Crippen molar-refractivity contribution in [3.05, 3.63) is 67.8 Å². The molecule has 0 unspecified atom stereocenters. The third-order valence-electron chi connectivity index (χ3n) is 3.44. The highest BCUT2D eigenvalue weighted by Crippen LogP contribution is 2.41. The molecule has 0 atom stereocenters. The van der Waals surface area contributed by atoms with Gasteiger partial charge >= 0.3 is 17.6 Å². The van der Waals surface area contributed by atoms with Gasteiger partial charge in [-0.1, -0.05) is 0 Å². The van der Waals surface area contributed by atoms with Gasteiger partial charge in [0.1, 0.15) is 5.75 Å². The summed E-state index contributed by atoms with van der Waals surface area (Å²) in [5.41, 5.74) is -1.78. The van der Waals surface area contributed by atoms with Gasteiger partial charge in [0.25, 0.3) is 0 Å². The van der Waals surface area contributed by atoms with Crippen LogP contribution < -0.4 is 5.43 Å². The van der Waals surface area contributed by atoms with Crippen LogP contribution in [0.4, 0.5) is 30.2 Å². The van der Waals surface area contributed by atoms with Crippen LogP contribution in [-0.2, 0) is 6.18 Å². The number of hydrazone groups is 1. The maximum atomic E-state index is 12.9. The van der Waals surface area contributed by atoms with Crippen molar-refractivity contribution < 1.29 is 28.1 Å². The lowest BCUT2D eigenvalue weighted by Gasteiger charge is -2.10. The van der Waals surface area contributed by atoms with Crippen molar-refractivity contribution in [2.75, 3.05) is 5.43 Å². The summed E-state index contributed by atoms with van der Waals surface area (Å²) < 4.78 is 38.6. The molecule has 0 fully saturated rings. The third kappa shape index (κ3) is 4.48. The summed E-state index contributed by atoms with van der Waals surface area (Å²) in [5, 5.41) is 35.3. The van der Waals surface area contributed by atoms with E-state index in [1.54, 1.807) is 0 Å². The molecule has 12 heteroatoms. The summed E-state index contributed by atoms with van der Waals surface area (Å²) in [7, 11) is 0. The number of benzene rings is 2. The fraction of sp³-hybridized carbons (Fsp3) is 0.133. The molecule has 2 rings (SSSR count). The lowest BCUT2D eigenvalue weighted by Crippen LogP contribution is -2.10. The van der Waals surface area contributed by atoms with Crippen LogP contribution in [0.1, 0.15) is 18.1 Å². The van der Waals surface area contributed by atoms with E-state index in [2.05, 4.69) is 10.5 Å². The molecule has 0 spiro atoms. The Kier molecular flexibility index (Phi) is 5.28. The highest BCUT2D eigenvalue weighted by Gasteiger charge is 2.37. The van der Waals surface area contributed by atoms with E-state index in [4.69, 9.17) is 0 Å². The van der Waals surface area contributed by atoms with Crippen molar-refractivity contribution in [3.8, 4) is 5.75 Å². The van der Waals surface area contributed by atoms with Crippen molar-refractivity contribution in [1.29, 1.82) is 0 Å². The number of nitrogens with zero attached hydrogens (tertiary/aromatic N) is 3. The van der Waals surface area contributed by atoms with E-state index < -0.39 is 38.6 Å². The van der Waals surface area contributed by atoms with Gasteiger partial charge in [0, 0.05) is 12.1 Å². The predicted octanol–water partition coefficient (Wildman–Crippen LogP) is 4.06. The molecule has 0 saturated heterocycles. The minimum Gasteiger partial charge on any atom is -0.508 e. The number of hydrogen-bond acceptors (Lipinski definition) is 7. The zero-order valence-corrected chi connectivity index (χ0v) is 13.5. The van der Waals surface area contributed by atoms with Crippen LogP contribution in [0.3, 0.4) is 0 Å². The number of nitro groups is 2. The van der Waals surface area contributed by atoms with E-state index in [1.807, 2.05) is 0 Å². The monoisotopic (exact) mass is 384 g/mol. The highest BCUT2D eigenvalue weighted by atomic mass is 19.4. The zero-order chi connectivity index (χ0) is 20.4. The smallest absolute Gasteiger partial charge is 0.416 e. The standard InChI is InChI=1S/C15H11F3N4O5/c1-8(9-2-4-11(23)5-3-9)19-20-14-12(21(24)25)6-10(15(16,17)18)7-13(14)22(26)27/h2-7,20,23H,1H3. The van der Waals surface area contributed by atoms with E-state index in [-0.39, 0.29) is 23.6 Å². The van der Waals surface area contributed by atoms with E-state index in [0.29, 0.717) is 5.56 Å². The molecular weight excluding hydrogens is 373 g/mol. The molecule has 0 amide bonds. The van der Waals surface area contributed by atoms with Crippen molar-refractivity contribution in [2.45, 2.75) is 13.1 Å². The molecule has 2 aromatic rings. The van der Waals surface area contributed by atoms with Crippen molar-refractivity contribution >= 4 is 22.8 Å². The lowest BCUT2D eigenvalue weighted by molar-refractivity contribution is -0.392. The Morgan fingerprint density at radius 3 is 1.96 bits per heavy atom. The van der Waals surface area contributed by atoms with E-state index in [1.165, 1.54) is 31.2 Å². The van der Waals surface area contributed by atoms with Crippen molar-refractivity contribution in [2.24, 2.45) is 5.10 Å². The van der Waals surface area contributed by atoms with E-state index in [0.717, 1.165) is 0 Å². The van der Waals surface area contributed by atoms with Gasteiger partial charge in [-0.15, -0.1) is 0 Å². The quantitative estimate of drug-likeness (QED) is 0.454. The maximum Gasteiger partial charge on any atom is 0.416 e. The molecule has 0 aliphatic rings. The predicted molar refractivity (Wildman–Crippen MR) is 88.7 cm³/mol. The van der Waals surface area contributed by atoms with Gasteiger partial charge in [0.15, 0.2) is 0 Å². The molecule has 0 radical (unpaired) electrons. The van der Waals surface area contributed by atoms with Crippen molar-refractivity contribution in [1.82, 2.24) is 0 Å². The topological polar surface area (TPSA) is 131 Å². The van der Waals surface area contributed by atoms with E-state index in [9.17, 15) is 38.5 Å². The highest BCUT2D eigenvalue weighted by molar-refractivity contribution is 5.99. The first kappa shape index (κ1) is 19.6. The van der Waals surface area contributed by atoms with Gasteiger partial charge in [0.2, 0.25) is 5.69 Å². The second-order valence-corrected chi connectivity index (χ2v) is 5.26. The first-order chi connectivity index (χ1) is 12.5. The Labute approximate surface area is 149 Å². The molecule has 0 aliphatic heterocycles. The molecule has 2 aromatic carbocycles. The Balaban J connectivity index is 2.54. The van der Waals surface area contributed by atoms with Gasteiger partial charge in [-0.25, -0.2) is 0 Å². The summed E-state index contributed by atoms with van der Waals surface area (Å²) >= 11 is 0. The number of nitro benzene ring substituents is 2. The Morgan fingerprint density at radius 1 is 1.07 bits per heavy atom. The average Bonchev–Trinajstić information content (AvgIpc) is 2.58. The number of phenolic OH excluding ortho intramolecular Hbond substituents is 1. The van der Waals surface area contributed by atoms with Crippen LogP contribution in [0.15, 0.2) is 41.5 Å². The zero-order valence-electron chi connectivity index (χ0n) is 13.5. The molecule has 27 heavy (non-hydrogen) atoms. The van der Waals surface area contributed by atoms with Gasteiger partial charge < -0.3 is 5.11 Å². The molecule has 9 nitrogen and oxygen atoms in total. The fourth-order valence-electron chi connectivity index (χ4n) is 2.08. The minimum absolute atomic E-state index is 0.0199. The Bertz CT molecular complexity index is 891. The summed E-state index contributed by atoms with van der Waals surface area (Å²) in [6.07, 6.45) is -5.00. The van der Waals surface area contributed by atoms with Crippen molar-refractivity contribution in [3.63, 3.8) is 0 Å². The minimum atomic E-state index is -5.00. The first-order valence-electron chi connectivity index (χ1n) is 7.14. The first-order valence-corrected chi connectivity index (χ1v) is 7.14. The number of hydrogen-bond donors (Lipinski definition) is 2. The van der Waals surface area contributed by atoms with Crippen LogP contribution >= 0.6 is 0 Å². The second-order valence-electron chi connectivity index (χ2n) is 5.26. The second kappa shape index (κ2) is 7.27. The summed E-state index contributed by atoms with van der Waals surface area (Å²) in [5.74, 6) is -0.0199. The number of rotatable bonds is 5. The van der Waals surface area contributed by atoms with Crippen LogP contribution in [0.5, 0.6) is 5.75 Å². The SMILES string of the molecule is CC(=NNc1c([N+](=O)[O-])cc(C(F)(F)F)cc1[N+](=O)[O-])c1ccc(O)cc1. The van der Waals surface area contributed by atoms with Crippen LogP contribution in [0.2, 0.25) is 0 Å². The number of aromatic hydroxyl groups is 1. The Hall–Kier alpha value is -3.70. The van der Waals surface area contributed by atoms with E-state index >= 15 is 0 Å². The molecule has 0 aromatic heterocycles. The van der Waals surface area contributed by atoms with Gasteiger partial charge in [0.05, 0.1) is 21.1 Å². The van der Waals surface area contributed by atoms with Crippen LogP contribution in [0.25, 0.3) is 0 Å².